The third-order valence-electron chi connectivity index (χ3n) is 4.34. The van der Waals surface area contributed by atoms with Crippen molar-refractivity contribution in [3.8, 4) is 5.75 Å². The fourth-order valence-electron chi connectivity index (χ4n) is 3.00. The van der Waals surface area contributed by atoms with Crippen molar-refractivity contribution >= 4 is 11.9 Å². The van der Waals surface area contributed by atoms with Gasteiger partial charge in [0.25, 0.3) is 0 Å². The van der Waals surface area contributed by atoms with E-state index in [1.54, 1.807) is 24.0 Å². The van der Waals surface area contributed by atoms with Crippen molar-refractivity contribution < 1.29 is 24.2 Å². The predicted octanol–water partition coefficient (Wildman–Crippen LogP) is 1.04. The Kier molecular flexibility index (Phi) is 6.78. The molecule has 1 aromatic carbocycles. The minimum Gasteiger partial charge on any atom is -0.497 e. The number of rotatable bonds is 7. The average molecular weight is 350 g/mol. The van der Waals surface area contributed by atoms with Gasteiger partial charge < -0.3 is 19.5 Å². The maximum atomic E-state index is 12.8. The lowest BCUT2D eigenvalue weighted by Crippen LogP contribution is -2.50. The highest BCUT2D eigenvalue weighted by molar-refractivity contribution is 5.83. The molecule has 25 heavy (non-hydrogen) atoms. The van der Waals surface area contributed by atoms with Gasteiger partial charge in [0, 0.05) is 19.6 Å². The van der Waals surface area contributed by atoms with Gasteiger partial charge in [0.2, 0.25) is 5.91 Å². The van der Waals surface area contributed by atoms with Crippen molar-refractivity contribution in [1.29, 1.82) is 0 Å². The summed E-state index contributed by atoms with van der Waals surface area (Å²) in [5.74, 6) is -0.377. The molecular weight excluding hydrogens is 324 g/mol. The molecule has 0 radical (unpaired) electrons. The van der Waals surface area contributed by atoms with Crippen LogP contribution in [-0.4, -0.2) is 79.8 Å². The SMILES string of the molecule is COc1cccc(C(C)C(=O)N2CCOC(CN(C)CC(=O)O)C2)c1. The summed E-state index contributed by atoms with van der Waals surface area (Å²) in [7, 11) is 3.34. The van der Waals surface area contributed by atoms with Crippen LogP contribution in [0, 0.1) is 0 Å². The van der Waals surface area contributed by atoms with Crippen LogP contribution in [0.15, 0.2) is 24.3 Å². The zero-order valence-corrected chi connectivity index (χ0v) is 15.0. The van der Waals surface area contributed by atoms with Gasteiger partial charge in [-0.15, -0.1) is 0 Å². The molecule has 1 N–H and O–H groups in total. The van der Waals surface area contributed by atoms with Gasteiger partial charge >= 0.3 is 5.97 Å². The maximum Gasteiger partial charge on any atom is 0.317 e. The number of carboxylic acids is 1. The molecule has 1 aliphatic rings. The minimum atomic E-state index is -0.877. The summed E-state index contributed by atoms with van der Waals surface area (Å²) in [6.45, 7) is 3.79. The van der Waals surface area contributed by atoms with Crippen molar-refractivity contribution in [1.82, 2.24) is 9.80 Å². The van der Waals surface area contributed by atoms with E-state index < -0.39 is 5.97 Å². The molecule has 1 amide bonds. The molecule has 2 atom stereocenters. The zero-order chi connectivity index (χ0) is 18.4. The van der Waals surface area contributed by atoms with Crippen LogP contribution in [0.25, 0.3) is 0 Å². The van der Waals surface area contributed by atoms with E-state index in [1.807, 2.05) is 31.2 Å². The minimum absolute atomic E-state index is 0.0439. The summed E-state index contributed by atoms with van der Waals surface area (Å²) in [4.78, 5) is 27.1. The van der Waals surface area contributed by atoms with E-state index in [0.717, 1.165) is 11.3 Å². The van der Waals surface area contributed by atoms with Gasteiger partial charge in [-0.3, -0.25) is 14.5 Å². The molecule has 2 unspecified atom stereocenters. The molecule has 0 spiro atoms. The zero-order valence-electron chi connectivity index (χ0n) is 15.0. The van der Waals surface area contributed by atoms with Gasteiger partial charge in [-0.05, 0) is 31.7 Å². The Labute approximate surface area is 148 Å². The molecule has 7 nitrogen and oxygen atoms in total. The Hall–Kier alpha value is -2.12. The van der Waals surface area contributed by atoms with Gasteiger partial charge in [0.05, 0.1) is 32.3 Å². The van der Waals surface area contributed by atoms with E-state index >= 15 is 0 Å². The molecule has 1 fully saturated rings. The number of carboxylic acid groups (broad SMARTS) is 1. The second-order valence-corrected chi connectivity index (χ2v) is 6.37. The lowest BCUT2D eigenvalue weighted by atomic mass is 9.99. The Morgan fingerprint density at radius 2 is 2.24 bits per heavy atom. The Bertz CT molecular complexity index is 607. The molecule has 0 bridgehead atoms. The smallest absolute Gasteiger partial charge is 0.317 e. The van der Waals surface area contributed by atoms with Crippen LogP contribution in [0.5, 0.6) is 5.75 Å². The number of carbonyl (C=O) groups is 2. The van der Waals surface area contributed by atoms with E-state index in [4.69, 9.17) is 14.6 Å². The number of hydrogen-bond acceptors (Lipinski definition) is 5. The van der Waals surface area contributed by atoms with Gasteiger partial charge in [0.15, 0.2) is 0 Å². The van der Waals surface area contributed by atoms with Crippen LogP contribution in [-0.2, 0) is 14.3 Å². The number of morpholine rings is 1. The summed E-state index contributed by atoms with van der Waals surface area (Å²) >= 11 is 0. The lowest BCUT2D eigenvalue weighted by molar-refractivity contribution is -0.143. The van der Waals surface area contributed by atoms with Gasteiger partial charge in [-0.25, -0.2) is 0 Å². The molecule has 0 aromatic heterocycles. The first-order chi connectivity index (χ1) is 11.9. The molecule has 7 heteroatoms. The highest BCUT2D eigenvalue weighted by Crippen LogP contribution is 2.23. The third-order valence-corrected chi connectivity index (χ3v) is 4.34. The van der Waals surface area contributed by atoms with E-state index in [-0.39, 0.29) is 24.5 Å². The number of amides is 1. The quantitative estimate of drug-likeness (QED) is 0.792. The van der Waals surface area contributed by atoms with Crippen LogP contribution in [0.1, 0.15) is 18.4 Å². The van der Waals surface area contributed by atoms with Crippen LogP contribution in [0.2, 0.25) is 0 Å². The number of likely N-dealkylation sites (N-methyl/N-ethyl adjacent to an activating group) is 1. The van der Waals surface area contributed by atoms with E-state index in [0.29, 0.717) is 26.2 Å². The highest BCUT2D eigenvalue weighted by Gasteiger charge is 2.29. The molecular formula is C18H26N2O5. The lowest BCUT2D eigenvalue weighted by Gasteiger charge is -2.36. The first-order valence-electron chi connectivity index (χ1n) is 8.35. The van der Waals surface area contributed by atoms with Crippen molar-refractivity contribution in [3.63, 3.8) is 0 Å². The second kappa shape index (κ2) is 8.82. The number of nitrogens with zero attached hydrogens (tertiary/aromatic N) is 2. The molecule has 1 heterocycles. The molecule has 138 valence electrons. The fraction of sp³-hybridized carbons (Fsp3) is 0.556. The largest absolute Gasteiger partial charge is 0.497 e. The molecule has 1 aliphatic heterocycles. The number of methoxy groups -OCH3 is 1. The number of carbonyl (C=O) groups excluding carboxylic acids is 1. The molecule has 2 rings (SSSR count). The highest BCUT2D eigenvalue weighted by atomic mass is 16.5. The first kappa shape index (κ1) is 19.2. The van der Waals surface area contributed by atoms with E-state index in [2.05, 4.69) is 0 Å². The molecule has 1 saturated heterocycles. The molecule has 0 aliphatic carbocycles. The summed E-state index contributed by atoms with van der Waals surface area (Å²) in [5, 5.41) is 8.84. The van der Waals surface area contributed by atoms with Crippen LogP contribution < -0.4 is 4.74 Å². The third kappa shape index (κ3) is 5.44. The Morgan fingerprint density at radius 3 is 2.92 bits per heavy atom. The number of aliphatic carboxylic acids is 1. The monoisotopic (exact) mass is 350 g/mol. The van der Waals surface area contributed by atoms with Crippen LogP contribution >= 0.6 is 0 Å². The van der Waals surface area contributed by atoms with Crippen molar-refractivity contribution in [3.05, 3.63) is 29.8 Å². The normalized spacial score (nSPS) is 18.9. The first-order valence-corrected chi connectivity index (χ1v) is 8.35. The standard InChI is InChI=1S/C18H26N2O5/c1-13(14-5-4-6-15(9-14)24-3)18(23)20-7-8-25-16(11-20)10-19(2)12-17(21)22/h4-6,9,13,16H,7-8,10-12H2,1-3H3,(H,21,22). The van der Waals surface area contributed by atoms with Crippen LogP contribution in [0.4, 0.5) is 0 Å². The number of benzene rings is 1. The van der Waals surface area contributed by atoms with E-state index in [1.165, 1.54) is 0 Å². The van der Waals surface area contributed by atoms with Gasteiger partial charge in [-0.1, -0.05) is 12.1 Å². The topological polar surface area (TPSA) is 79.3 Å². The predicted molar refractivity (Wildman–Crippen MR) is 92.9 cm³/mol. The average Bonchev–Trinajstić information content (AvgIpc) is 2.60. The summed E-state index contributed by atoms with van der Waals surface area (Å²) < 4.78 is 10.9. The van der Waals surface area contributed by atoms with E-state index in [9.17, 15) is 9.59 Å². The summed E-state index contributed by atoms with van der Waals surface area (Å²) in [6, 6.07) is 7.52. The van der Waals surface area contributed by atoms with Crippen LogP contribution in [0.3, 0.4) is 0 Å². The van der Waals surface area contributed by atoms with Crippen molar-refractivity contribution in [2.45, 2.75) is 18.9 Å². The Morgan fingerprint density at radius 1 is 1.48 bits per heavy atom. The van der Waals surface area contributed by atoms with Crippen molar-refractivity contribution in [2.24, 2.45) is 0 Å². The molecule has 0 saturated carbocycles. The van der Waals surface area contributed by atoms with Gasteiger partial charge in [-0.2, -0.15) is 0 Å². The van der Waals surface area contributed by atoms with Gasteiger partial charge in [0.1, 0.15) is 5.75 Å². The second-order valence-electron chi connectivity index (χ2n) is 6.37. The summed E-state index contributed by atoms with van der Waals surface area (Å²) in [5.41, 5.74) is 0.912. The number of ether oxygens (including phenoxy) is 2. The van der Waals surface area contributed by atoms with Crippen molar-refractivity contribution in [2.75, 3.05) is 46.9 Å². The molecule has 1 aromatic rings. The Balaban J connectivity index is 1.97. The summed E-state index contributed by atoms with van der Waals surface area (Å²) in [6.07, 6.45) is -0.181. The fourth-order valence-corrected chi connectivity index (χ4v) is 3.00. The maximum absolute atomic E-state index is 12.8. The number of hydrogen-bond donors (Lipinski definition) is 1.